The van der Waals surface area contributed by atoms with Crippen molar-refractivity contribution in [1.82, 2.24) is 10.3 Å². The summed E-state index contributed by atoms with van der Waals surface area (Å²) in [5.74, 6) is 0.564. The molecule has 1 aromatic rings. The molecule has 8 heteroatoms. The first kappa shape index (κ1) is 23.2. The molecule has 0 unspecified atom stereocenters. The first-order valence-corrected chi connectivity index (χ1v) is 9.95. The SMILES string of the molecule is CCOc1ccc(C=C(CNC(=O)OC(C)(C)C)B2OC(C)(C)C(C)(C)O2)cn1. The van der Waals surface area contributed by atoms with Crippen molar-refractivity contribution in [3.05, 3.63) is 29.4 Å². The number of nitrogens with one attached hydrogen (secondary N) is 1. The fourth-order valence-electron chi connectivity index (χ4n) is 2.61. The van der Waals surface area contributed by atoms with E-state index in [2.05, 4.69) is 10.3 Å². The number of rotatable bonds is 6. The summed E-state index contributed by atoms with van der Waals surface area (Å²) in [6, 6.07) is 3.70. The number of carbonyl (C=O) groups is 1. The molecule has 29 heavy (non-hydrogen) atoms. The van der Waals surface area contributed by atoms with Gasteiger partial charge >= 0.3 is 13.2 Å². The summed E-state index contributed by atoms with van der Waals surface area (Å²) < 4.78 is 23.1. The van der Waals surface area contributed by atoms with Gasteiger partial charge in [0.2, 0.25) is 5.88 Å². The summed E-state index contributed by atoms with van der Waals surface area (Å²) in [7, 11) is -0.596. The molecule has 0 saturated carbocycles. The molecular weight excluding hydrogens is 371 g/mol. The van der Waals surface area contributed by atoms with E-state index in [1.807, 2.05) is 67.5 Å². The molecule has 0 spiro atoms. The zero-order valence-electron chi connectivity index (χ0n) is 18.8. The maximum atomic E-state index is 12.1. The molecule has 1 aromatic heterocycles. The van der Waals surface area contributed by atoms with Crippen LogP contribution in [0, 0.1) is 0 Å². The van der Waals surface area contributed by atoms with Gasteiger partial charge in [0.05, 0.1) is 17.8 Å². The number of hydrogen-bond donors (Lipinski definition) is 1. The number of pyridine rings is 1. The molecule has 1 aliphatic rings. The minimum Gasteiger partial charge on any atom is -0.478 e. The summed E-state index contributed by atoms with van der Waals surface area (Å²) in [6.45, 7) is 16.1. The molecule has 1 amide bonds. The van der Waals surface area contributed by atoms with Crippen molar-refractivity contribution in [1.29, 1.82) is 0 Å². The highest BCUT2D eigenvalue weighted by atomic mass is 16.7. The van der Waals surface area contributed by atoms with Crippen LogP contribution in [0.5, 0.6) is 5.88 Å². The number of hydrogen-bond acceptors (Lipinski definition) is 6. The van der Waals surface area contributed by atoms with E-state index in [0.717, 1.165) is 11.0 Å². The van der Waals surface area contributed by atoms with Gasteiger partial charge in [-0.15, -0.1) is 0 Å². The van der Waals surface area contributed by atoms with Gasteiger partial charge < -0.3 is 24.1 Å². The fraction of sp³-hybridized carbons (Fsp3) is 0.619. The van der Waals surface area contributed by atoms with Crippen LogP contribution in [0.1, 0.15) is 61.0 Å². The molecule has 0 atom stereocenters. The monoisotopic (exact) mass is 404 g/mol. The molecular formula is C21H33BN2O5. The van der Waals surface area contributed by atoms with Crippen molar-refractivity contribution in [2.75, 3.05) is 13.2 Å². The van der Waals surface area contributed by atoms with Gasteiger partial charge in [-0.05, 0) is 72.5 Å². The third-order valence-electron chi connectivity index (χ3n) is 4.80. The van der Waals surface area contributed by atoms with Crippen LogP contribution in [-0.2, 0) is 14.0 Å². The molecule has 0 aliphatic carbocycles. The second-order valence-corrected chi connectivity index (χ2v) is 9.03. The molecule has 160 valence electrons. The maximum Gasteiger partial charge on any atom is 0.492 e. The highest BCUT2D eigenvalue weighted by molar-refractivity contribution is 6.56. The Labute approximate surface area is 174 Å². The van der Waals surface area contributed by atoms with Crippen LogP contribution in [0.15, 0.2) is 23.8 Å². The van der Waals surface area contributed by atoms with Crippen molar-refractivity contribution in [3.63, 3.8) is 0 Å². The van der Waals surface area contributed by atoms with Gasteiger partial charge in [-0.1, -0.05) is 6.08 Å². The topological polar surface area (TPSA) is 78.9 Å². The van der Waals surface area contributed by atoms with Crippen LogP contribution < -0.4 is 10.1 Å². The van der Waals surface area contributed by atoms with E-state index in [1.165, 1.54) is 0 Å². The van der Waals surface area contributed by atoms with E-state index in [1.54, 1.807) is 12.3 Å². The summed E-state index contributed by atoms with van der Waals surface area (Å²) in [5, 5.41) is 2.79. The van der Waals surface area contributed by atoms with Gasteiger partial charge in [-0.3, -0.25) is 0 Å². The Hall–Kier alpha value is -2.06. The van der Waals surface area contributed by atoms with E-state index in [0.29, 0.717) is 12.5 Å². The van der Waals surface area contributed by atoms with Crippen molar-refractivity contribution < 1.29 is 23.6 Å². The van der Waals surface area contributed by atoms with Crippen LogP contribution in [-0.4, -0.2) is 48.2 Å². The largest absolute Gasteiger partial charge is 0.492 e. The van der Waals surface area contributed by atoms with Crippen molar-refractivity contribution in [2.45, 2.75) is 72.2 Å². The molecule has 0 aromatic carbocycles. The van der Waals surface area contributed by atoms with Crippen LogP contribution in [0.3, 0.4) is 0 Å². The quantitative estimate of drug-likeness (QED) is 0.722. The van der Waals surface area contributed by atoms with E-state index >= 15 is 0 Å². The lowest BCUT2D eigenvalue weighted by Gasteiger charge is -2.32. The van der Waals surface area contributed by atoms with E-state index in [-0.39, 0.29) is 6.54 Å². The van der Waals surface area contributed by atoms with Crippen LogP contribution in [0.4, 0.5) is 4.79 Å². The van der Waals surface area contributed by atoms with Crippen molar-refractivity contribution in [3.8, 4) is 5.88 Å². The smallest absolute Gasteiger partial charge is 0.478 e. The third kappa shape index (κ3) is 6.47. The number of nitrogens with zero attached hydrogens (tertiary/aromatic N) is 1. The van der Waals surface area contributed by atoms with Gasteiger partial charge in [0, 0.05) is 18.8 Å². The Balaban J connectivity index is 2.22. The molecule has 0 radical (unpaired) electrons. The number of ether oxygens (including phenoxy) is 2. The normalized spacial score (nSPS) is 18.5. The van der Waals surface area contributed by atoms with Crippen LogP contribution in [0.2, 0.25) is 0 Å². The molecule has 2 rings (SSSR count). The Kier molecular flexibility index (Phi) is 7.01. The Morgan fingerprint density at radius 3 is 2.31 bits per heavy atom. The number of amides is 1. The van der Waals surface area contributed by atoms with E-state index in [4.69, 9.17) is 18.8 Å². The predicted molar refractivity (Wildman–Crippen MR) is 114 cm³/mol. The molecule has 1 saturated heterocycles. The van der Waals surface area contributed by atoms with Gasteiger partial charge in [-0.2, -0.15) is 0 Å². The first-order chi connectivity index (χ1) is 13.3. The lowest BCUT2D eigenvalue weighted by Crippen LogP contribution is -2.41. The fourth-order valence-corrected chi connectivity index (χ4v) is 2.61. The average molecular weight is 404 g/mol. The zero-order valence-corrected chi connectivity index (χ0v) is 18.8. The minimum absolute atomic E-state index is 0.221. The molecule has 1 aliphatic heterocycles. The first-order valence-electron chi connectivity index (χ1n) is 9.95. The Morgan fingerprint density at radius 2 is 1.83 bits per heavy atom. The van der Waals surface area contributed by atoms with Gasteiger partial charge in [-0.25, -0.2) is 9.78 Å². The predicted octanol–water partition coefficient (Wildman–Crippen LogP) is 4.02. The lowest BCUT2D eigenvalue weighted by molar-refractivity contribution is 0.00578. The van der Waals surface area contributed by atoms with Gasteiger partial charge in [0.15, 0.2) is 0 Å². The Bertz CT molecular complexity index is 722. The van der Waals surface area contributed by atoms with E-state index < -0.39 is 30.0 Å². The number of aromatic nitrogens is 1. The van der Waals surface area contributed by atoms with Gasteiger partial charge in [0.1, 0.15) is 5.60 Å². The molecule has 1 fully saturated rings. The third-order valence-corrected chi connectivity index (χ3v) is 4.80. The van der Waals surface area contributed by atoms with Crippen molar-refractivity contribution >= 4 is 19.3 Å². The molecule has 1 N–H and O–H groups in total. The van der Waals surface area contributed by atoms with Crippen molar-refractivity contribution in [2.24, 2.45) is 0 Å². The summed E-state index contributed by atoms with van der Waals surface area (Å²) >= 11 is 0. The second kappa shape index (κ2) is 8.75. The zero-order chi connectivity index (χ0) is 21.9. The summed E-state index contributed by atoms with van der Waals surface area (Å²) in [4.78, 5) is 16.4. The standard InChI is InChI=1S/C21H33BN2O5/c1-9-26-17-11-10-15(13-23-17)12-16(14-24-18(25)27-19(2,3)4)22-28-20(5,6)21(7,8)29-22/h10-13H,9,14H2,1-8H3,(H,24,25). The minimum atomic E-state index is -0.596. The maximum absolute atomic E-state index is 12.1. The molecule has 7 nitrogen and oxygen atoms in total. The second-order valence-electron chi connectivity index (χ2n) is 9.03. The average Bonchev–Trinajstić information content (AvgIpc) is 2.79. The molecule has 2 heterocycles. The summed E-state index contributed by atoms with van der Waals surface area (Å²) in [5.41, 5.74) is 0.0706. The summed E-state index contributed by atoms with van der Waals surface area (Å²) in [6.07, 6.45) is 3.12. The lowest BCUT2D eigenvalue weighted by atomic mass is 9.77. The molecule has 0 bridgehead atoms. The highest BCUT2D eigenvalue weighted by Gasteiger charge is 2.52. The van der Waals surface area contributed by atoms with E-state index in [9.17, 15) is 4.79 Å². The highest BCUT2D eigenvalue weighted by Crippen LogP contribution is 2.38. The van der Waals surface area contributed by atoms with Crippen LogP contribution in [0.25, 0.3) is 6.08 Å². The Morgan fingerprint density at radius 1 is 1.21 bits per heavy atom. The number of alkyl carbamates (subject to hydrolysis) is 1. The number of carbonyl (C=O) groups excluding carboxylic acids is 1. The van der Waals surface area contributed by atoms with Crippen LogP contribution >= 0.6 is 0 Å². The van der Waals surface area contributed by atoms with Gasteiger partial charge in [0.25, 0.3) is 0 Å².